The van der Waals surface area contributed by atoms with Gasteiger partial charge in [0.1, 0.15) is 9.84 Å². The number of halogens is 3. The normalized spacial score (nSPS) is 18.2. The average molecular weight is 457 g/mol. The largest absolute Gasteiger partial charge is 0.435 e. The quantitative estimate of drug-likeness (QED) is 0.624. The summed E-state index contributed by atoms with van der Waals surface area (Å²) in [6.07, 6.45) is 3.57. The number of benzene rings is 1. The molecule has 2 aliphatic carbocycles. The minimum atomic E-state index is -4.38. The second-order valence-corrected chi connectivity index (χ2v) is 11.1. The molecule has 0 fully saturated rings. The third-order valence-electron chi connectivity index (χ3n) is 5.89. The lowest BCUT2D eigenvalue weighted by molar-refractivity contribution is -0.142. The van der Waals surface area contributed by atoms with Crippen molar-refractivity contribution >= 4 is 9.84 Å². The Kier molecular flexibility index (Phi) is 7.18. The maximum absolute atomic E-state index is 13.3. The predicted octanol–water partition coefficient (Wildman–Crippen LogP) is 5.34. The summed E-state index contributed by atoms with van der Waals surface area (Å²) in [7, 11) is -2.69. The van der Waals surface area contributed by atoms with Gasteiger partial charge in [-0.3, -0.25) is 0 Å². The number of alkyl halides is 3. The molecule has 1 unspecified atom stereocenters. The van der Waals surface area contributed by atoms with Crippen LogP contribution in [-0.4, -0.2) is 30.2 Å². The van der Waals surface area contributed by atoms with Crippen molar-refractivity contribution in [2.24, 2.45) is 5.92 Å². The van der Waals surface area contributed by atoms with E-state index in [9.17, 15) is 21.6 Å². The Balaban J connectivity index is 0.000000293. The first kappa shape index (κ1) is 23.8. The zero-order valence-corrected chi connectivity index (χ0v) is 19.2. The molecule has 0 bridgehead atoms. The third kappa shape index (κ3) is 5.90. The fraction of sp³-hybridized carbons (Fsp3) is 0.609. The van der Waals surface area contributed by atoms with Gasteiger partial charge in [-0.25, -0.2) is 13.1 Å². The molecule has 2 aliphatic rings. The van der Waals surface area contributed by atoms with Crippen molar-refractivity contribution in [3.63, 3.8) is 0 Å². The first-order valence-electron chi connectivity index (χ1n) is 11.0. The van der Waals surface area contributed by atoms with E-state index in [-0.39, 0.29) is 0 Å². The van der Waals surface area contributed by atoms with E-state index >= 15 is 0 Å². The summed E-state index contributed by atoms with van der Waals surface area (Å²) in [5, 5.41) is 3.97. The van der Waals surface area contributed by atoms with Gasteiger partial charge in [0.2, 0.25) is 0 Å². The third-order valence-corrected chi connectivity index (χ3v) is 6.92. The molecular formula is C23H31F3N2O2S. The highest BCUT2D eigenvalue weighted by Crippen LogP contribution is 2.37. The molecule has 0 radical (unpaired) electrons. The Morgan fingerprint density at radius 3 is 2.42 bits per heavy atom. The predicted molar refractivity (Wildman–Crippen MR) is 116 cm³/mol. The highest BCUT2D eigenvalue weighted by atomic mass is 32.2. The molecule has 1 aromatic carbocycles. The molecule has 172 valence electrons. The molecule has 4 rings (SSSR count). The smallest absolute Gasteiger partial charge is 0.237 e. The van der Waals surface area contributed by atoms with Crippen LogP contribution >= 0.6 is 0 Å². The summed E-state index contributed by atoms with van der Waals surface area (Å²) < 4.78 is 62.2. The van der Waals surface area contributed by atoms with E-state index in [4.69, 9.17) is 0 Å². The summed E-state index contributed by atoms with van der Waals surface area (Å²) >= 11 is 0. The minimum absolute atomic E-state index is 0.337. The molecule has 2 aromatic rings. The van der Waals surface area contributed by atoms with Gasteiger partial charge in [0.25, 0.3) is 0 Å². The topological polar surface area (TPSA) is 52.0 Å². The van der Waals surface area contributed by atoms with Crippen LogP contribution in [0.3, 0.4) is 0 Å². The van der Waals surface area contributed by atoms with E-state index in [0.717, 1.165) is 49.9 Å². The summed E-state index contributed by atoms with van der Waals surface area (Å²) in [5.74, 6) is 0.946. The standard InChI is InChI=1S/C18H19F3N2.C5H12O2S/c1-11-8-12-6-7-14(10-13(12)9-11)23-16-5-3-2-4-15(16)17(22-23)18(19,20)21;1-3-4-5-8(2,6)7/h6-7,10-11H,2-5,8-9H2,1H3;3-5H2,1-2H3. The molecule has 1 atom stereocenters. The molecule has 0 saturated heterocycles. The van der Waals surface area contributed by atoms with E-state index in [1.54, 1.807) is 4.68 Å². The number of nitrogens with zero attached hydrogens (tertiary/aromatic N) is 2. The lowest BCUT2D eigenvalue weighted by Crippen LogP contribution is -2.11. The number of hydrogen-bond acceptors (Lipinski definition) is 3. The van der Waals surface area contributed by atoms with Gasteiger partial charge < -0.3 is 0 Å². The molecule has 8 heteroatoms. The molecule has 31 heavy (non-hydrogen) atoms. The zero-order valence-electron chi connectivity index (χ0n) is 18.4. The molecule has 0 aliphatic heterocycles. The highest BCUT2D eigenvalue weighted by Gasteiger charge is 2.39. The van der Waals surface area contributed by atoms with Gasteiger partial charge in [-0.2, -0.15) is 18.3 Å². The maximum atomic E-state index is 13.3. The van der Waals surface area contributed by atoms with Crippen LogP contribution < -0.4 is 0 Å². The van der Waals surface area contributed by atoms with E-state index < -0.39 is 21.7 Å². The number of hydrogen-bond donors (Lipinski definition) is 0. The first-order valence-corrected chi connectivity index (χ1v) is 13.0. The van der Waals surface area contributed by atoms with Crippen molar-refractivity contribution in [1.82, 2.24) is 9.78 Å². The van der Waals surface area contributed by atoms with Crippen molar-refractivity contribution in [1.29, 1.82) is 0 Å². The average Bonchev–Trinajstić information content (AvgIpc) is 3.25. The molecule has 0 spiro atoms. The fourth-order valence-electron chi connectivity index (χ4n) is 4.40. The summed E-state index contributed by atoms with van der Waals surface area (Å²) in [4.78, 5) is 0. The van der Waals surface area contributed by atoms with Gasteiger partial charge in [-0.15, -0.1) is 0 Å². The summed E-state index contributed by atoms with van der Waals surface area (Å²) in [5.41, 5.74) is 3.79. The van der Waals surface area contributed by atoms with Gasteiger partial charge in [-0.1, -0.05) is 26.3 Å². The van der Waals surface area contributed by atoms with E-state index in [0.29, 0.717) is 30.1 Å². The highest BCUT2D eigenvalue weighted by molar-refractivity contribution is 7.90. The molecule has 4 nitrogen and oxygen atoms in total. The number of fused-ring (bicyclic) bond motifs is 2. The van der Waals surface area contributed by atoms with Crippen LogP contribution in [-0.2, 0) is 41.7 Å². The molecule has 0 amide bonds. The molecular weight excluding hydrogens is 425 g/mol. The van der Waals surface area contributed by atoms with Gasteiger partial charge >= 0.3 is 6.18 Å². The summed E-state index contributed by atoms with van der Waals surface area (Å²) in [6, 6.07) is 6.00. The Bertz CT molecular complexity index is 1030. The monoisotopic (exact) mass is 456 g/mol. The maximum Gasteiger partial charge on any atom is 0.435 e. The van der Waals surface area contributed by atoms with Crippen LogP contribution in [0.4, 0.5) is 13.2 Å². The second kappa shape index (κ2) is 9.35. The first-order chi connectivity index (χ1) is 14.5. The van der Waals surface area contributed by atoms with Crippen molar-refractivity contribution in [3.05, 3.63) is 46.3 Å². The van der Waals surface area contributed by atoms with E-state index in [2.05, 4.69) is 18.1 Å². The number of unbranched alkanes of at least 4 members (excludes halogenated alkanes) is 1. The Labute approximate surface area is 182 Å². The van der Waals surface area contributed by atoms with Gasteiger partial charge in [0.15, 0.2) is 5.69 Å². The fourth-order valence-corrected chi connectivity index (χ4v) is 5.22. The Morgan fingerprint density at radius 2 is 1.81 bits per heavy atom. The summed E-state index contributed by atoms with van der Waals surface area (Å²) in [6.45, 7) is 4.18. The Morgan fingerprint density at radius 1 is 1.13 bits per heavy atom. The number of sulfone groups is 1. The van der Waals surface area contributed by atoms with Crippen LogP contribution in [0.15, 0.2) is 18.2 Å². The van der Waals surface area contributed by atoms with Gasteiger partial charge in [0, 0.05) is 23.3 Å². The zero-order chi connectivity index (χ0) is 22.8. The number of aromatic nitrogens is 2. The van der Waals surface area contributed by atoms with Crippen LogP contribution in [0.5, 0.6) is 0 Å². The van der Waals surface area contributed by atoms with Crippen molar-refractivity contribution in [3.8, 4) is 5.69 Å². The minimum Gasteiger partial charge on any atom is -0.237 e. The van der Waals surface area contributed by atoms with Gasteiger partial charge in [0.05, 0.1) is 5.69 Å². The van der Waals surface area contributed by atoms with E-state index in [1.165, 1.54) is 17.4 Å². The van der Waals surface area contributed by atoms with Crippen LogP contribution in [0, 0.1) is 5.92 Å². The molecule has 0 saturated carbocycles. The number of rotatable bonds is 4. The van der Waals surface area contributed by atoms with E-state index in [1.807, 2.05) is 19.1 Å². The Hall–Kier alpha value is -1.83. The van der Waals surface area contributed by atoms with Crippen molar-refractivity contribution < 1.29 is 21.6 Å². The lowest BCUT2D eigenvalue weighted by atomic mass is 9.95. The SMILES string of the molecule is CC1Cc2ccc(-n3nc(C(F)(F)F)c4c3CCCC4)cc2C1.CCCCS(C)(=O)=O. The molecule has 1 aromatic heterocycles. The molecule has 1 heterocycles. The van der Waals surface area contributed by atoms with Gasteiger partial charge in [-0.05, 0) is 74.1 Å². The van der Waals surface area contributed by atoms with Crippen molar-refractivity contribution in [2.45, 2.75) is 71.4 Å². The van der Waals surface area contributed by atoms with Crippen LogP contribution in [0.1, 0.15) is 67.6 Å². The van der Waals surface area contributed by atoms with Crippen LogP contribution in [0.2, 0.25) is 0 Å². The van der Waals surface area contributed by atoms with Crippen molar-refractivity contribution in [2.75, 3.05) is 12.0 Å². The lowest BCUT2D eigenvalue weighted by Gasteiger charge is -2.15. The van der Waals surface area contributed by atoms with Crippen LogP contribution in [0.25, 0.3) is 5.69 Å². The second-order valence-electron chi connectivity index (χ2n) is 8.84. The molecule has 0 N–H and O–H groups in total.